The molecule has 2 fully saturated rings. The SMILES string of the molecule is CCCCn1c2c(c[n+]1CC1CNC1)CCN(c1ccc(OC[C@H](O/N=C(\C(=O)N[C@@H]3C(=O)N(OS(=O)(=O)O)C3(C)C)c3csc(N)n3)C(=O)O)cc1)C2. The fourth-order valence-corrected chi connectivity index (χ4v) is 7.45. The van der Waals surface area contributed by atoms with E-state index in [0.29, 0.717) is 16.7 Å². The zero-order valence-corrected chi connectivity index (χ0v) is 31.6. The molecule has 0 radical (unpaired) electrons. The highest BCUT2D eigenvalue weighted by Gasteiger charge is 2.58. The van der Waals surface area contributed by atoms with Crippen LogP contribution in [0.15, 0.2) is 41.0 Å². The predicted molar refractivity (Wildman–Crippen MR) is 194 cm³/mol. The van der Waals surface area contributed by atoms with E-state index in [0.717, 1.165) is 75.6 Å². The summed E-state index contributed by atoms with van der Waals surface area (Å²) in [6, 6.07) is 6.01. The van der Waals surface area contributed by atoms with Crippen LogP contribution in [0, 0.1) is 5.92 Å². The lowest BCUT2D eigenvalue weighted by Crippen LogP contribution is -2.76. The number of hydrogen-bond acceptors (Lipinski definition) is 14. The molecule has 2 saturated heterocycles. The number of benzene rings is 1. The molecule has 21 heteroatoms. The first-order valence-corrected chi connectivity index (χ1v) is 19.7. The first kappa shape index (κ1) is 38.9. The molecule has 0 spiro atoms. The second-order valence-electron chi connectivity index (χ2n) is 13.8. The van der Waals surface area contributed by atoms with Crippen LogP contribution in [-0.2, 0) is 60.0 Å². The number of hydroxylamine groups is 2. The summed E-state index contributed by atoms with van der Waals surface area (Å²) in [5, 5.41) is 21.3. The molecule has 19 nitrogen and oxygen atoms in total. The molecular formula is C33H44N9O10S2+. The number of carboxylic acids is 1. The van der Waals surface area contributed by atoms with Crippen molar-refractivity contribution < 1.29 is 51.0 Å². The lowest BCUT2D eigenvalue weighted by molar-refractivity contribution is -0.781. The van der Waals surface area contributed by atoms with E-state index in [1.807, 2.05) is 12.1 Å². The summed E-state index contributed by atoms with van der Waals surface area (Å²) >= 11 is 0.973. The van der Waals surface area contributed by atoms with Crippen LogP contribution in [0.3, 0.4) is 0 Å². The number of fused-ring (bicyclic) bond motifs is 1. The molecule has 3 aliphatic heterocycles. The Morgan fingerprint density at radius 3 is 2.59 bits per heavy atom. The summed E-state index contributed by atoms with van der Waals surface area (Å²) in [6.45, 7) is 10.2. The Bertz CT molecular complexity index is 2010. The molecule has 2 atom stereocenters. The number of nitrogen functional groups attached to an aromatic ring is 1. The molecule has 0 bridgehead atoms. The van der Waals surface area contributed by atoms with Crippen LogP contribution in [0.5, 0.6) is 5.75 Å². The predicted octanol–water partition coefficient (Wildman–Crippen LogP) is 0.489. The zero-order valence-electron chi connectivity index (χ0n) is 30.0. The van der Waals surface area contributed by atoms with Crippen molar-refractivity contribution in [3.8, 4) is 5.75 Å². The fourth-order valence-electron chi connectivity index (χ4n) is 6.45. The normalized spacial score (nSPS) is 19.1. The average Bonchev–Trinajstić information content (AvgIpc) is 3.69. The van der Waals surface area contributed by atoms with Crippen LogP contribution in [0.2, 0.25) is 0 Å². The highest BCUT2D eigenvalue weighted by atomic mass is 32.3. The van der Waals surface area contributed by atoms with E-state index in [1.165, 1.54) is 30.5 Å². The third-order valence-electron chi connectivity index (χ3n) is 9.57. The van der Waals surface area contributed by atoms with Gasteiger partial charge in [-0.25, -0.2) is 9.78 Å². The molecular weight excluding hydrogens is 747 g/mol. The van der Waals surface area contributed by atoms with E-state index in [-0.39, 0.29) is 10.8 Å². The van der Waals surface area contributed by atoms with Gasteiger partial charge >= 0.3 is 16.4 Å². The molecule has 3 aromatic rings. The van der Waals surface area contributed by atoms with Crippen molar-refractivity contribution in [2.24, 2.45) is 11.1 Å². The topological polar surface area (TPSA) is 244 Å². The number of hydrogen-bond donors (Lipinski definition) is 5. The van der Waals surface area contributed by atoms with Gasteiger partial charge in [0.05, 0.1) is 18.6 Å². The van der Waals surface area contributed by atoms with Crippen molar-refractivity contribution in [3.63, 3.8) is 0 Å². The number of nitrogens with one attached hydrogen (secondary N) is 2. The fraction of sp³-hybridized carbons (Fsp3) is 0.515. The van der Waals surface area contributed by atoms with E-state index in [2.05, 4.69) is 52.4 Å². The summed E-state index contributed by atoms with van der Waals surface area (Å²) in [4.78, 5) is 49.7. The van der Waals surface area contributed by atoms with Gasteiger partial charge in [-0.05, 0) is 51.0 Å². The van der Waals surface area contributed by atoms with Gasteiger partial charge in [0.25, 0.3) is 17.9 Å². The van der Waals surface area contributed by atoms with Gasteiger partial charge in [0.1, 0.15) is 29.8 Å². The maximum atomic E-state index is 13.3. The molecule has 6 N–H and O–H groups in total. The van der Waals surface area contributed by atoms with E-state index < -0.39 is 58.2 Å². The number of anilines is 2. The van der Waals surface area contributed by atoms with Crippen molar-refractivity contribution in [1.29, 1.82) is 0 Å². The smallest absolute Gasteiger partial charge is 0.418 e. The van der Waals surface area contributed by atoms with Crippen LogP contribution < -0.4 is 30.7 Å². The van der Waals surface area contributed by atoms with E-state index in [1.54, 1.807) is 12.1 Å². The first-order valence-electron chi connectivity index (χ1n) is 17.4. The number of carbonyl (C=O) groups excluding carboxylic acids is 2. The Morgan fingerprint density at radius 2 is 2.00 bits per heavy atom. The van der Waals surface area contributed by atoms with Gasteiger partial charge in [-0.3, -0.25) is 14.1 Å². The Labute approximate surface area is 315 Å². The molecule has 292 valence electrons. The van der Waals surface area contributed by atoms with Gasteiger partial charge in [-0.1, -0.05) is 18.5 Å². The molecule has 0 saturated carbocycles. The summed E-state index contributed by atoms with van der Waals surface area (Å²) in [5.41, 5.74) is 7.45. The quantitative estimate of drug-likeness (QED) is 0.0411. The number of nitrogens with two attached hydrogens (primary N) is 1. The third kappa shape index (κ3) is 8.59. The minimum atomic E-state index is -5.02. The van der Waals surface area contributed by atoms with Crippen LogP contribution in [0.1, 0.15) is 50.6 Å². The van der Waals surface area contributed by atoms with Gasteiger partial charge in [0, 0.05) is 42.2 Å². The van der Waals surface area contributed by atoms with E-state index >= 15 is 0 Å². The highest BCUT2D eigenvalue weighted by molar-refractivity contribution is 7.80. The molecule has 2 aromatic heterocycles. The third-order valence-corrected chi connectivity index (χ3v) is 10.6. The Hall–Kier alpha value is -4.83. The van der Waals surface area contributed by atoms with E-state index in [9.17, 15) is 27.9 Å². The number of aromatic nitrogens is 3. The molecule has 6 rings (SSSR count). The Balaban J connectivity index is 1.10. The molecule has 5 heterocycles. The first-order chi connectivity index (χ1) is 25.6. The number of carboxylic acid groups (broad SMARTS) is 1. The number of aliphatic carboxylic acids is 1. The van der Waals surface area contributed by atoms with Crippen molar-refractivity contribution in [2.75, 3.05) is 36.9 Å². The summed E-state index contributed by atoms with van der Waals surface area (Å²) in [6.07, 6.45) is 3.80. The average molecular weight is 791 g/mol. The molecule has 1 aromatic carbocycles. The number of thiazole rings is 1. The number of rotatable bonds is 17. The molecule has 0 aliphatic carbocycles. The van der Waals surface area contributed by atoms with Crippen LogP contribution >= 0.6 is 11.3 Å². The highest BCUT2D eigenvalue weighted by Crippen LogP contribution is 2.33. The Morgan fingerprint density at radius 1 is 1.26 bits per heavy atom. The number of nitrogens with zero attached hydrogens (tertiary/aromatic N) is 6. The van der Waals surface area contributed by atoms with E-state index in [4.69, 9.17) is 19.9 Å². The maximum Gasteiger partial charge on any atom is 0.418 e. The van der Waals surface area contributed by atoms with Gasteiger partial charge in [0.2, 0.25) is 0 Å². The molecule has 2 amide bonds. The number of carbonyl (C=O) groups is 3. The minimum Gasteiger partial charge on any atom is -0.489 e. The summed E-state index contributed by atoms with van der Waals surface area (Å²) in [7, 11) is -5.02. The number of amides is 2. The number of ether oxygens (including phenoxy) is 1. The van der Waals surface area contributed by atoms with Crippen molar-refractivity contribution in [3.05, 3.63) is 52.8 Å². The Kier molecular flexibility index (Phi) is 11.4. The second kappa shape index (κ2) is 15.9. The van der Waals surface area contributed by atoms with Gasteiger partial charge in [-0.15, -0.1) is 20.3 Å². The number of oxime groups is 1. The molecule has 3 aliphatic rings. The van der Waals surface area contributed by atoms with Crippen LogP contribution in [0.4, 0.5) is 10.8 Å². The van der Waals surface area contributed by atoms with Crippen LogP contribution in [0.25, 0.3) is 0 Å². The molecule has 54 heavy (non-hydrogen) atoms. The monoisotopic (exact) mass is 790 g/mol. The van der Waals surface area contributed by atoms with Crippen LogP contribution in [-0.4, -0.2) is 100 Å². The number of unbranched alkanes of at least 4 members (excludes halogenated alkanes) is 1. The standard InChI is InChI=1S/C33H43N9O10S2/c1-4-5-11-41-25-17-39(12-10-21(25)16-40(41)15-20-13-35-14-20)22-6-8-23(9-7-22)50-18-26(31(45)46)51-38-27(24-19-53-32(34)36-24)29(43)37-28-30(44)42(33(28,2)3)52-54(47,48)49/h6-9,16,19-20,26,28,35H,4-5,10-15,17-18H2,1-3H3,(H4-,34,36,37,43,45,46,47,48,49)/p+1/b38-27-/t26-,28+/m0/s1. The van der Waals surface area contributed by atoms with Crippen molar-refractivity contribution >= 4 is 56.1 Å². The zero-order chi connectivity index (χ0) is 38.8. The second-order valence-corrected chi connectivity index (χ2v) is 15.7. The van der Waals surface area contributed by atoms with Crippen molar-refractivity contribution in [1.82, 2.24) is 25.4 Å². The number of β-lactam (4-membered cyclic amide) rings is 1. The maximum absolute atomic E-state index is 13.3. The lowest BCUT2D eigenvalue weighted by Gasteiger charge is -2.50. The largest absolute Gasteiger partial charge is 0.489 e. The summed E-state index contributed by atoms with van der Waals surface area (Å²) in [5.74, 6) is -2.38. The molecule has 0 unspecified atom stereocenters. The van der Waals surface area contributed by atoms with Gasteiger partial charge in [0.15, 0.2) is 23.6 Å². The summed E-state index contributed by atoms with van der Waals surface area (Å²) < 4.78 is 46.2. The van der Waals surface area contributed by atoms with Gasteiger partial charge in [-0.2, -0.15) is 18.2 Å². The van der Waals surface area contributed by atoms with Crippen molar-refractivity contribution in [2.45, 2.75) is 77.4 Å². The minimum absolute atomic E-state index is 0.0700. The van der Waals surface area contributed by atoms with Gasteiger partial charge < -0.3 is 35.9 Å². The lowest BCUT2D eigenvalue weighted by atomic mass is 9.84.